The van der Waals surface area contributed by atoms with E-state index in [9.17, 15) is 0 Å². The summed E-state index contributed by atoms with van der Waals surface area (Å²) in [6.07, 6.45) is 5.47. The molecule has 0 aromatic carbocycles. The average Bonchev–Trinajstić information content (AvgIpc) is 1.80. The highest BCUT2D eigenvalue weighted by Crippen LogP contribution is 2.07. The second-order valence-electron chi connectivity index (χ2n) is 2.63. The molecular formula is C7H17ClSi. The van der Waals surface area contributed by atoms with Crippen molar-refractivity contribution in [1.82, 2.24) is 0 Å². The summed E-state index contributed by atoms with van der Waals surface area (Å²) in [4.78, 5) is 0. The van der Waals surface area contributed by atoms with E-state index in [-0.39, 0.29) is 0 Å². The van der Waals surface area contributed by atoms with Gasteiger partial charge in [-0.25, -0.2) is 0 Å². The van der Waals surface area contributed by atoms with Gasteiger partial charge >= 0.3 is 0 Å². The molecule has 0 bridgehead atoms. The third-order valence-corrected chi connectivity index (χ3v) is 3.31. The van der Waals surface area contributed by atoms with Gasteiger partial charge in [-0.3, -0.25) is 0 Å². The highest BCUT2D eigenvalue weighted by atomic mass is 35.6. The molecule has 1 unspecified atom stereocenters. The number of halogens is 1. The summed E-state index contributed by atoms with van der Waals surface area (Å²) in [6, 6.07) is 1.32. The molecule has 1 atom stereocenters. The van der Waals surface area contributed by atoms with Gasteiger partial charge < -0.3 is 0 Å². The van der Waals surface area contributed by atoms with Crippen molar-refractivity contribution < 1.29 is 0 Å². The van der Waals surface area contributed by atoms with Crippen molar-refractivity contribution in [3.8, 4) is 0 Å². The van der Waals surface area contributed by atoms with E-state index in [0.717, 1.165) is 0 Å². The number of unbranched alkanes of at least 4 members (excludes halogenated alkanes) is 3. The summed E-state index contributed by atoms with van der Waals surface area (Å²) in [7, 11) is -0.741. The molecule has 9 heavy (non-hydrogen) atoms. The molecule has 0 nitrogen and oxygen atoms in total. The normalized spacial score (nSPS) is 13.7. The zero-order valence-corrected chi connectivity index (χ0v) is 8.40. The molecule has 0 aromatic heterocycles. The van der Waals surface area contributed by atoms with Gasteiger partial charge in [-0.15, -0.1) is 0 Å². The van der Waals surface area contributed by atoms with E-state index in [0.29, 0.717) is 0 Å². The van der Waals surface area contributed by atoms with E-state index in [2.05, 4.69) is 13.5 Å². The Hall–Kier alpha value is 0.507. The van der Waals surface area contributed by atoms with Crippen molar-refractivity contribution in [2.75, 3.05) is 0 Å². The van der Waals surface area contributed by atoms with E-state index in [1.807, 2.05) is 0 Å². The summed E-state index contributed by atoms with van der Waals surface area (Å²) in [5.41, 5.74) is 0. The third kappa shape index (κ3) is 8.51. The van der Waals surface area contributed by atoms with Crippen LogP contribution in [0.2, 0.25) is 12.6 Å². The van der Waals surface area contributed by atoms with Crippen LogP contribution in [0, 0.1) is 0 Å². The van der Waals surface area contributed by atoms with Gasteiger partial charge in [0.2, 0.25) is 0 Å². The van der Waals surface area contributed by atoms with E-state index >= 15 is 0 Å². The Labute approximate surface area is 64.9 Å². The van der Waals surface area contributed by atoms with Gasteiger partial charge in [-0.2, -0.15) is 11.1 Å². The largest absolute Gasteiger partial charge is 0.172 e. The predicted octanol–water partition coefficient (Wildman–Crippen LogP) is 3.16. The first-order valence-corrected chi connectivity index (χ1v) is 7.63. The standard InChI is InChI=1S/C7H17ClSi/c1-3-4-5-6-7-9(2)8/h9H,3-7H2,1-2H3. The lowest BCUT2D eigenvalue weighted by molar-refractivity contribution is 0.700. The highest BCUT2D eigenvalue weighted by molar-refractivity contribution is 7.06. The minimum absolute atomic E-state index is 0.741. The van der Waals surface area contributed by atoms with Crippen LogP contribution in [0.15, 0.2) is 0 Å². The van der Waals surface area contributed by atoms with Crippen molar-refractivity contribution in [2.45, 2.75) is 45.2 Å². The van der Waals surface area contributed by atoms with Crippen LogP contribution < -0.4 is 0 Å². The van der Waals surface area contributed by atoms with Gasteiger partial charge in [0.05, 0.1) is 0 Å². The highest BCUT2D eigenvalue weighted by Gasteiger charge is 1.96. The molecule has 0 saturated heterocycles. The van der Waals surface area contributed by atoms with Crippen LogP contribution >= 0.6 is 11.1 Å². The lowest BCUT2D eigenvalue weighted by Crippen LogP contribution is -1.93. The maximum atomic E-state index is 5.90. The van der Waals surface area contributed by atoms with Gasteiger partial charge in [0.15, 0.2) is 0 Å². The molecule has 0 radical (unpaired) electrons. The lowest BCUT2D eigenvalue weighted by atomic mass is 10.2. The minimum atomic E-state index is -0.741. The quantitative estimate of drug-likeness (QED) is 0.333. The van der Waals surface area contributed by atoms with Gasteiger partial charge in [0.1, 0.15) is 8.11 Å². The van der Waals surface area contributed by atoms with Gasteiger partial charge in [0, 0.05) is 0 Å². The van der Waals surface area contributed by atoms with Crippen molar-refractivity contribution in [3.05, 3.63) is 0 Å². The molecule has 0 rings (SSSR count). The maximum Gasteiger partial charge on any atom is 0.138 e. The van der Waals surface area contributed by atoms with Crippen LogP contribution in [0.5, 0.6) is 0 Å². The molecule has 2 heteroatoms. The summed E-state index contributed by atoms with van der Waals surface area (Å²) < 4.78 is 0. The van der Waals surface area contributed by atoms with E-state index in [1.54, 1.807) is 0 Å². The predicted molar refractivity (Wildman–Crippen MR) is 47.8 cm³/mol. The van der Waals surface area contributed by atoms with Crippen LogP contribution in [0.25, 0.3) is 0 Å². The van der Waals surface area contributed by atoms with E-state index in [4.69, 9.17) is 11.1 Å². The fourth-order valence-corrected chi connectivity index (χ4v) is 2.17. The molecule has 0 saturated carbocycles. The second-order valence-corrected chi connectivity index (χ2v) is 7.00. The Bertz CT molecular complexity index is 54.9. The molecule has 0 aliphatic rings. The van der Waals surface area contributed by atoms with E-state index in [1.165, 1.54) is 31.7 Å². The van der Waals surface area contributed by atoms with Crippen molar-refractivity contribution in [3.63, 3.8) is 0 Å². The van der Waals surface area contributed by atoms with Crippen LogP contribution in [0.4, 0.5) is 0 Å². The van der Waals surface area contributed by atoms with Crippen molar-refractivity contribution >= 4 is 19.2 Å². The number of hydrogen-bond acceptors (Lipinski definition) is 0. The van der Waals surface area contributed by atoms with Crippen molar-refractivity contribution in [1.29, 1.82) is 0 Å². The molecule has 0 fully saturated rings. The smallest absolute Gasteiger partial charge is 0.138 e. The molecule has 0 aromatic rings. The molecule has 0 amide bonds. The third-order valence-electron chi connectivity index (χ3n) is 1.46. The Kier molecular flexibility index (Phi) is 7.00. The molecular weight excluding hydrogens is 148 g/mol. The van der Waals surface area contributed by atoms with E-state index < -0.39 is 8.11 Å². The SMILES string of the molecule is CCCCCC[SiH](C)Cl. The summed E-state index contributed by atoms with van der Waals surface area (Å²) in [5.74, 6) is 0. The topological polar surface area (TPSA) is 0 Å². The molecule has 0 N–H and O–H groups in total. The van der Waals surface area contributed by atoms with Crippen molar-refractivity contribution in [2.24, 2.45) is 0 Å². The molecule has 0 spiro atoms. The number of rotatable bonds is 5. The number of hydrogen-bond donors (Lipinski definition) is 0. The Morgan fingerprint density at radius 3 is 2.33 bits per heavy atom. The Morgan fingerprint density at radius 2 is 1.89 bits per heavy atom. The first-order chi connectivity index (χ1) is 4.27. The van der Waals surface area contributed by atoms with Gasteiger partial charge in [-0.1, -0.05) is 39.2 Å². The maximum absolute atomic E-state index is 5.90. The zero-order chi connectivity index (χ0) is 7.11. The first-order valence-electron chi connectivity index (χ1n) is 3.91. The second kappa shape index (κ2) is 6.62. The molecule has 56 valence electrons. The first kappa shape index (κ1) is 9.51. The molecule has 0 heterocycles. The van der Waals surface area contributed by atoms with Crippen LogP contribution in [-0.4, -0.2) is 8.11 Å². The van der Waals surface area contributed by atoms with Gasteiger partial charge in [-0.05, 0) is 6.04 Å². The summed E-state index contributed by atoms with van der Waals surface area (Å²) >= 11 is 5.90. The van der Waals surface area contributed by atoms with Crippen LogP contribution in [0.1, 0.15) is 32.6 Å². The lowest BCUT2D eigenvalue weighted by Gasteiger charge is -1.98. The average molecular weight is 165 g/mol. The van der Waals surface area contributed by atoms with Crippen LogP contribution in [-0.2, 0) is 0 Å². The molecule has 0 aliphatic heterocycles. The summed E-state index contributed by atoms with van der Waals surface area (Å²) in [6.45, 7) is 4.44. The van der Waals surface area contributed by atoms with Crippen LogP contribution in [0.3, 0.4) is 0 Å². The molecule has 0 aliphatic carbocycles. The fraction of sp³-hybridized carbons (Fsp3) is 1.00. The minimum Gasteiger partial charge on any atom is -0.172 e. The Balaban J connectivity index is 2.75. The summed E-state index contributed by atoms with van der Waals surface area (Å²) in [5, 5.41) is 0. The monoisotopic (exact) mass is 164 g/mol. The fourth-order valence-electron chi connectivity index (χ4n) is 0.852. The zero-order valence-electron chi connectivity index (χ0n) is 6.49. The van der Waals surface area contributed by atoms with Gasteiger partial charge in [0.25, 0.3) is 0 Å². The Morgan fingerprint density at radius 1 is 1.22 bits per heavy atom.